The summed E-state index contributed by atoms with van der Waals surface area (Å²) in [5, 5.41) is 0. The summed E-state index contributed by atoms with van der Waals surface area (Å²) in [4.78, 5) is 16.5. The molecule has 0 aliphatic carbocycles. The molecule has 1 unspecified atom stereocenters. The number of carbonyl (C=O) groups excluding carboxylic acids is 1. The maximum absolute atomic E-state index is 12.0. The van der Waals surface area contributed by atoms with Crippen LogP contribution in [0.1, 0.15) is 62.9 Å². The normalized spacial score (nSPS) is 12.2. The number of hydrogen-bond acceptors (Lipinski definition) is 6. The van der Waals surface area contributed by atoms with E-state index in [0.29, 0.717) is 39.1 Å². The molecule has 0 amide bonds. The monoisotopic (exact) mass is 403 g/mol. The van der Waals surface area contributed by atoms with E-state index in [9.17, 15) is 4.79 Å². The van der Waals surface area contributed by atoms with Gasteiger partial charge in [-0.15, -0.1) is 0 Å². The standard InChI is InChI=1S/C23H33NO5/c1-6-26-21(23(25)27-7-2)12-11-18-9-8-10-19(15-18)28-14-13-20-17(5)29-22(24-20)16(3)4/h8-10,15-16,21H,6-7,11-14H2,1-5H3. The lowest BCUT2D eigenvalue weighted by Gasteiger charge is -2.15. The number of aromatic nitrogens is 1. The summed E-state index contributed by atoms with van der Waals surface area (Å²) in [6.07, 6.45) is 1.45. The molecule has 1 heterocycles. The fraction of sp³-hybridized carbons (Fsp3) is 0.565. The highest BCUT2D eigenvalue weighted by Crippen LogP contribution is 2.20. The molecule has 0 aliphatic heterocycles. The van der Waals surface area contributed by atoms with E-state index in [1.165, 1.54) is 0 Å². The van der Waals surface area contributed by atoms with E-state index in [1.54, 1.807) is 6.92 Å². The quantitative estimate of drug-likeness (QED) is 0.481. The van der Waals surface area contributed by atoms with Crippen LogP contribution in [0, 0.1) is 6.92 Å². The molecule has 2 aromatic rings. The number of esters is 1. The topological polar surface area (TPSA) is 70.8 Å². The predicted molar refractivity (Wildman–Crippen MR) is 111 cm³/mol. The Balaban J connectivity index is 1.88. The molecule has 29 heavy (non-hydrogen) atoms. The molecule has 1 aromatic heterocycles. The Kier molecular flexibility index (Phi) is 9.19. The molecular formula is C23H33NO5. The molecule has 1 atom stereocenters. The van der Waals surface area contributed by atoms with Gasteiger partial charge in [-0.1, -0.05) is 26.0 Å². The third-order valence-corrected chi connectivity index (χ3v) is 4.52. The van der Waals surface area contributed by atoms with Gasteiger partial charge in [0.15, 0.2) is 12.0 Å². The Morgan fingerprint density at radius 1 is 1.17 bits per heavy atom. The van der Waals surface area contributed by atoms with Gasteiger partial charge in [0.25, 0.3) is 0 Å². The van der Waals surface area contributed by atoms with Crippen LogP contribution in [0.25, 0.3) is 0 Å². The van der Waals surface area contributed by atoms with Crippen LogP contribution in [0.15, 0.2) is 28.7 Å². The summed E-state index contributed by atoms with van der Waals surface area (Å²) in [5.74, 6) is 2.40. The van der Waals surface area contributed by atoms with Crippen LogP contribution in [-0.4, -0.2) is 36.9 Å². The summed E-state index contributed by atoms with van der Waals surface area (Å²) in [5.41, 5.74) is 2.04. The van der Waals surface area contributed by atoms with Crippen molar-refractivity contribution in [3.63, 3.8) is 0 Å². The molecule has 0 saturated heterocycles. The molecule has 0 N–H and O–H groups in total. The zero-order valence-corrected chi connectivity index (χ0v) is 18.2. The van der Waals surface area contributed by atoms with Crippen LogP contribution >= 0.6 is 0 Å². The molecule has 160 valence electrons. The van der Waals surface area contributed by atoms with Crippen LogP contribution in [0.3, 0.4) is 0 Å². The lowest BCUT2D eigenvalue weighted by atomic mass is 10.1. The molecule has 0 bridgehead atoms. The lowest BCUT2D eigenvalue weighted by molar-refractivity contribution is -0.156. The van der Waals surface area contributed by atoms with Gasteiger partial charge in [-0.3, -0.25) is 0 Å². The van der Waals surface area contributed by atoms with Crippen LogP contribution < -0.4 is 4.74 Å². The SMILES string of the molecule is CCOC(=O)C(CCc1cccc(OCCc2nc(C(C)C)oc2C)c1)OCC. The number of aryl methyl sites for hydroxylation is 2. The van der Waals surface area contributed by atoms with Crippen molar-refractivity contribution in [3.8, 4) is 5.75 Å². The van der Waals surface area contributed by atoms with Crippen LogP contribution in [0.4, 0.5) is 0 Å². The molecule has 0 radical (unpaired) electrons. The van der Waals surface area contributed by atoms with Gasteiger partial charge >= 0.3 is 5.97 Å². The smallest absolute Gasteiger partial charge is 0.335 e. The van der Waals surface area contributed by atoms with Gasteiger partial charge in [0, 0.05) is 18.9 Å². The largest absolute Gasteiger partial charge is 0.493 e. The molecule has 2 rings (SSSR count). The van der Waals surface area contributed by atoms with E-state index >= 15 is 0 Å². The van der Waals surface area contributed by atoms with Crippen molar-refractivity contribution in [2.24, 2.45) is 0 Å². The average molecular weight is 404 g/mol. The van der Waals surface area contributed by atoms with Crippen molar-refractivity contribution >= 4 is 5.97 Å². The third-order valence-electron chi connectivity index (χ3n) is 4.52. The first-order valence-electron chi connectivity index (χ1n) is 10.4. The second kappa shape index (κ2) is 11.6. The first-order valence-corrected chi connectivity index (χ1v) is 10.4. The number of oxazole rings is 1. The first kappa shape index (κ1) is 22.9. The first-order chi connectivity index (χ1) is 13.9. The number of nitrogens with zero attached hydrogens (tertiary/aromatic N) is 1. The Morgan fingerprint density at radius 3 is 2.62 bits per heavy atom. The second-order valence-corrected chi connectivity index (χ2v) is 7.19. The van der Waals surface area contributed by atoms with Crippen molar-refractivity contribution in [3.05, 3.63) is 47.2 Å². The van der Waals surface area contributed by atoms with Crippen molar-refractivity contribution in [1.82, 2.24) is 4.98 Å². The van der Waals surface area contributed by atoms with Gasteiger partial charge in [-0.2, -0.15) is 0 Å². The fourth-order valence-corrected chi connectivity index (χ4v) is 2.99. The van der Waals surface area contributed by atoms with Crippen molar-refractivity contribution < 1.29 is 23.4 Å². The zero-order valence-electron chi connectivity index (χ0n) is 18.2. The summed E-state index contributed by atoms with van der Waals surface area (Å²) < 4.78 is 22.2. The minimum Gasteiger partial charge on any atom is -0.493 e. The van der Waals surface area contributed by atoms with Gasteiger partial charge in [-0.05, 0) is 51.3 Å². The van der Waals surface area contributed by atoms with Gasteiger partial charge in [-0.25, -0.2) is 9.78 Å². The minimum absolute atomic E-state index is 0.273. The highest BCUT2D eigenvalue weighted by atomic mass is 16.6. The molecule has 0 aliphatic rings. The number of rotatable bonds is 12. The van der Waals surface area contributed by atoms with E-state index < -0.39 is 6.10 Å². The molecule has 1 aromatic carbocycles. The summed E-state index contributed by atoms with van der Waals surface area (Å²) in [7, 11) is 0. The maximum atomic E-state index is 12.0. The van der Waals surface area contributed by atoms with Crippen LogP contribution in [-0.2, 0) is 27.1 Å². The molecule has 0 spiro atoms. The summed E-state index contributed by atoms with van der Waals surface area (Å²) >= 11 is 0. The lowest BCUT2D eigenvalue weighted by Crippen LogP contribution is -2.27. The van der Waals surface area contributed by atoms with E-state index in [2.05, 4.69) is 18.8 Å². The minimum atomic E-state index is -0.533. The zero-order chi connectivity index (χ0) is 21.2. The number of ether oxygens (including phenoxy) is 3. The number of hydrogen-bond donors (Lipinski definition) is 0. The molecular weight excluding hydrogens is 370 g/mol. The Morgan fingerprint density at radius 2 is 1.97 bits per heavy atom. The Labute approximate surface area is 173 Å². The molecule has 0 saturated carbocycles. The Hall–Kier alpha value is -2.34. The third kappa shape index (κ3) is 7.20. The van der Waals surface area contributed by atoms with E-state index in [4.69, 9.17) is 18.6 Å². The number of carbonyl (C=O) groups is 1. The van der Waals surface area contributed by atoms with Crippen molar-refractivity contribution in [1.29, 1.82) is 0 Å². The van der Waals surface area contributed by atoms with Gasteiger partial charge < -0.3 is 18.6 Å². The molecule has 6 heteroatoms. The Bertz CT molecular complexity index is 768. The maximum Gasteiger partial charge on any atom is 0.335 e. The van der Waals surface area contributed by atoms with Crippen molar-refractivity contribution in [2.75, 3.05) is 19.8 Å². The van der Waals surface area contributed by atoms with E-state index in [1.807, 2.05) is 38.1 Å². The van der Waals surface area contributed by atoms with E-state index in [0.717, 1.165) is 28.7 Å². The van der Waals surface area contributed by atoms with Gasteiger partial charge in [0.2, 0.25) is 0 Å². The number of benzene rings is 1. The second-order valence-electron chi connectivity index (χ2n) is 7.19. The van der Waals surface area contributed by atoms with Gasteiger partial charge in [0.1, 0.15) is 11.5 Å². The van der Waals surface area contributed by atoms with E-state index in [-0.39, 0.29) is 11.9 Å². The summed E-state index contributed by atoms with van der Waals surface area (Å²) in [6, 6.07) is 7.92. The fourth-order valence-electron chi connectivity index (χ4n) is 2.99. The summed E-state index contributed by atoms with van der Waals surface area (Å²) in [6.45, 7) is 11.1. The van der Waals surface area contributed by atoms with Crippen molar-refractivity contribution in [2.45, 2.75) is 65.9 Å². The van der Waals surface area contributed by atoms with Crippen LogP contribution in [0.5, 0.6) is 5.75 Å². The van der Waals surface area contributed by atoms with Crippen LogP contribution in [0.2, 0.25) is 0 Å². The average Bonchev–Trinajstić information content (AvgIpc) is 3.07. The predicted octanol–water partition coefficient (Wildman–Crippen LogP) is 4.63. The highest BCUT2D eigenvalue weighted by molar-refractivity contribution is 5.74. The highest BCUT2D eigenvalue weighted by Gasteiger charge is 2.19. The molecule has 0 fully saturated rings. The molecule has 6 nitrogen and oxygen atoms in total. The van der Waals surface area contributed by atoms with Gasteiger partial charge in [0.05, 0.1) is 18.9 Å².